The maximum absolute atomic E-state index is 13.8. The number of rotatable bonds is 5. The van der Waals surface area contributed by atoms with Crippen LogP contribution in [0.25, 0.3) is 17.0 Å². The Labute approximate surface area is 268 Å². The summed E-state index contributed by atoms with van der Waals surface area (Å²) in [7, 11) is 4.08. The number of cyclic esters (lactones) is 1. The molecule has 2 aliphatic rings. The molecule has 10 heteroatoms. The van der Waals surface area contributed by atoms with E-state index in [1.807, 2.05) is 78.3 Å². The van der Waals surface area contributed by atoms with Gasteiger partial charge in [-0.2, -0.15) is 0 Å². The molecule has 2 fully saturated rings. The Morgan fingerprint density at radius 2 is 1.87 bits per heavy atom. The molecular formula is C35H50BN3O6. The minimum atomic E-state index is -1.09. The summed E-state index contributed by atoms with van der Waals surface area (Å²) in [5.74, 6) is -2.23. The highest BCUT2D eigenvalue weighted by atomic mass is 16.6. The Bertz CT molecular complexity index is 1420. The number of pyridine rings is 1. The minimum Gasteiger partial charge on any atom is -0.458 e. The number of aromatic nitrogens is 1. The van der Waals surface area contributed by atoms with Gasteiger partial charge in [0.05, 0.1) is 23.8 Å². The number of para-hydroxylation sites is 1. The van der Waals surface area contributed by atoms with E-state index < -0.39 is 47.2 Å². The molecule has 1 N–H and O–H groups in total. The Morgan fingerprint density at radius 3 is 2.58 bits per heavy atom. The second kappa shape index (κ2) is 14.0. The molecule has 1 aromatic heterocycles. The summed E-state index contributed by atoms with van der Waals surface area (Å²) in [6.07, 6.45) is 5.71. The van der Waals surface area contributed by atoms with Crippen molar-refractivity contribution in [3.8, 4) is 0 Å². The number of ether oxygens (including phenoxy) is 3. The molecule has 2 aromatic rings. The van der Waals surface area contributed by atoms with Crippen LogP contribution >= 0.6 is 0 Å². The lowest BCUT2D eigenvalue weighted by Crippen LogP contribution is -2.60. The maximum atomic E-state index is 13.8. The van der Waals surface area contributed by atoms with Crippen molar-refractivity contribution in [3.05, 3.63) is 48.2 Å². The third-order valence-electron chi connectivity index (χ3n) is 10.4. The van der Waals surface area contributed by atoms with E-state index in [2.05, 4.69) is 42.0 Å². The average Bonchev–Trinajstić information content (AvgIpc) is 3.33. The van der Waals surface area contributed by atoms with Gasteiger partial charge in [0.15, 0.2) is 5.60 Å². The third-order valence-corrected chi connectivity index (χ3v) is 10.4. The van der Waals surface area contributed by atoms with Crippen molar-refractivity contribution in [1.82, 2.24) is 15.2 Å². The van der Waals surface area contributed by atoms with Crippen molar-refractivity contribution in [2.24, 2.45) is 17.8 Å². The van der Waals surface area contributed by atoms with Gasteiger partial charge in [0.2, 0.25) is 0 Å². The number of benzene rings is 1. The van der Waals surface area contributed by atoms with Crippen molar-refractivity contribution in [2.45, 2.75) is 96.5 Å². The molecule has 0 saturated carbocycles. The number of carbonyl (C=O) groups excluding carboxylic acids is 3. The fourth-order valence-electron chi connectivity index (χ4n) is 7.21. The third kappa shape index (κ3) is 7.44. The zero-order chi connectivity index (χ0) is 33.1. The fourth-order valence-corrected chi connectivity index (χ4v) is 7.21. The van der Waals surface area contributed by atoms with Crippen LogP contribution in [0.15, 0.2) is 42.6 Å². The van der Waals surface area contributed by atoms with Crippen LogP contribution in [-0.4, -0.2) is 85.2 Å². The lowest BCUT2D eigenvalue weighted by Gasteiger charge is -2.42. The van der Waals surface area contributed by atoms with Crippen LogP contribution in [0, 0.1) is 17.8 Å². The van der Waals surface area contributed by atoms with Gasteiger partial charge in [-0.15, -0.1) is 0 Å². The minimum absolute atomic E-state index is 0.122. The SMILES string of the molecule is B[C@@H]1[C@@H](C)C(=O)[C@@H](C)C(=O)O[C@H](CC)[C@@]2(C)OC(=O)N[C@@H]2[C@@H](C)N(C)C[C@H](C)C[C@@]1(C)OC/C=C/c1cnc2ccccc2c1. The van der Waals surface area contributed by atoms with Crippen molar-refractivity contribution in [2.75, 3.05) is 20.2 Å². The topological polar surface area (TPSA) is 107 Å². The van der Waals surface area contributed by atoms with Gasteiger partial charge >= 0.3 is 12.1 Å². The molecule has 9 atom stereocenters. The van der Waals surface area contributed by atoms with Gasteiger partial charge in [0, 0.05) is 30.1 Å². The van der Waals surface area contributed by atoms with Gasteiger partial charge in [0.1, 0.15) is 25.7 Å². The normalized spacial score (nSPS) is 35.7. The predicted octanol–water partition coefficient (Wildman–Crippen LogP) is 4.84. The number of carbonyl (C=O) groups is 3. The first-order valence-electron chi connectivity index (χ1n) is 16.3. The van der Waals surface area contributed by atoms with Crippen LogP contribution < -0.4 is 5.32 Å². The van der Waals surface area contributed by atoms with E-state index in [0.29, 0.717) is 19.4 Å². The Hall–Kier alpha value is -3.24. The molecule has 1 aromatic carbocycles. The number of ketones is 1. The quantitative estimate of drug-likeness (QED) is 0.288. The standard InChI is InChI=1S/C35H50BN3O6/c1-9-28-35(7)31(38-33(42)45-35)24(5)39(8)20-21(2)18-34(6,30(36)22(3)29(40)23(4)32(41)44-28)43-16-12-13-25-17-26-14-10-11-15-27(26)37-19-25/h10-15,17,19,21-24,28,30-31H,9,16,18,20,36H2,1-8H3,(H,38,42)/b13-12+/t21-,22+,23-,24-,28-,30-,31-,34-,35-/m1/s1. The summed E-state index contributed by atoms with van der Waals surface area (Å²) in [6, 6.07) is 9.56. The van der Waals surface area contributed by atoms with E-state index in [0.717, 1.165) is 23.0 Å². The predicted molar refractivity (Wildman–Crippen MR) is 179 cm³/mol. The molecule has 0 bridgehead atoms. The van der Waals surface area contributed by atoms with Crippen molar-refractivity contribution >= 4 is 42.7 Å². The number of hydrogen-bond donors (Lipinski definition) is 1. The van der Waals surface area contributed by atoms with Crippen molar-refractivity contribution < 1.29 is 28.6 Å². The first-order chi connectivity index (χ1) is 21.2. The maximum Gasteiger partial charge on any atom is 0.408 e. The van der Waals surface area contributed by atoms with Crippen LogP contribution in [0.2, 0.25) is 5.82 Å². The summed E-state index contributed by atoms with van der Waals surface area (Å²) in [6.45, 7) is 14.6. The number of nitrogens with zero attached hydrogens (tertiary/aromatic N) is 2. The molecule has 2 saturated heterocycles. The summed E-state index contributed by atoms with van der Waals surface area (Å²) in [5.41, 5.74) is 0.174. The van der Waals surface area contributed by atoms with E-state index in [9.17, 15) is 14.4 Å². The first kappa shape index (κ1) is 34.6. The second-order valence-electron chi connectivity index (χ2n) is 13.7. The molecule has 45 heavy (non-hydrogen) atoms. The summed E-state index contributed by atoms with van der Waals surface area (Å²) in [4.78, 5) is 46.5. The first-order valence-corrected chi connectivity index (χ1v) is 16.3. The van der Waals surface area contributed by atoms with E-state index >= 15 is 0 Å². The van der Waals surface area contributed by atoms with Crippen LogP contribution in [-0.2, 0) is 23.8 Å². The molecule has 0 aliphatic carbocycles. The number of esters is 1. The van der Waals surface area contributed by atoms with Gasteiger partial charge < -0.3 is 24.4 Å². The number of hydrogen-bond acceptors (Lipinski definition) is 8. The van der Waals surface area contributed by atoms with Crippen molar-refractivity contribution in [3.63, 3.8) is 0 Å². The van der Waals surface area contributed by atoms with Gasteiger partial charge in [-0.25, -0.2) is 4.79 Å². The molecule has 9 nitrogen and oxygen atoms in total. The van der Waals surface area contributed by atoms with E-state index in [-0.39, 0.29) is 23.6 Å². The van der Waals surface area contributed by atoms with E-state index in [1.165, 1.54) is 0 Å². The number of Topliss-reactive ketones (excluding diaryl/α,β-unsaturated/α-hetero) is 1. The number of fused-ring (bicyclic) bond motifs is 2. The molecular weight excluding hydrogens is 569 g/mol. The number of alkyl carbamates (subject to hydrolysis) is 1. The van der Waals surface area contributed by atoms with Gasteiger partial charge in [-0.05, 0) is 77.0 Å². The highest BCUT2D eigenvalue weighted by Gasteiger charge is 2.55. The van der Waals surface area contributed by atoms with Crippen LogP contribution in [0.5, 0.6) is 0 Å². The van der Waals surface area contributed by atoms with E-state index in [1.54, 1.807) is 6.92 Å². The molecule has 0 spiro atoms. The monoisotopic (exact) mass is 619 g/mol. The average molecular weight is 620 g/mol. The number of amides is 1. The lowest BCUT2D eigenvalue weighted by atomic mass is 9.62. The van der Waals surface area contributed by atoms with Crippen LogP contribution in [0.3, 0.4) is 0 Å². The highest BCUT2D eigenvalue weighted by molar-refractivity contribution is 6.15. The fraction of sp³-hybridized carbons (Fsp3) is 0.600. The second-order valence-corrected chi connectivity index (χ2v) is 13.7. The highest BCUT2D eigenvalue weighted by Crippen LogP contribution is 2.40. The smallest absolute Gasteiger partial charge is 0.408 e. The van der Waals surface area contributed by atoms with Crippen molar-refractivity contribution in [1.29, 1.82) is 0 Å². The molecule has 0 radical (unpaired) electrons. The summed E-state index contributed by atoms with van der Waals surface area (Å²) >= 11 is 0. The molecule has 3 heterocycles. The molecule has 4 rings (SSSR count). The Balaban J connectivity index is 1.60. The molecule has 0 unspecified atom stereocenters. The van der Waals surface area contributed by atoms with Gasteiger partial charge in [-0.3, -0.25) is 14.6 Å². The summed E-state index contributed by atoms with van der Waals surface area (Å²) in [5, 5.41) is 4.05. The molecule has 2 aliphatic heterocycles. The van der Waals surface area contributed by atoms with Crippen LogP contribution in [0.1, 0.15) is 66.9 Å². The van der Waals surface area contributed by atoms with Crippen LogP contribution in [0.4, 0.5) is 4.79 Å². The van der Waals surface area contributed by atoms with E-state index in [4.69, 9.17) is 14.2 Å². The molecule has 1 amide bonds. The lowest BCUT2D eigenvalue weighted by molar-refractivity contribution is -0.170. The largest absolute Gasteiger partial charge is 0.458 e. The van der Waals surface area contributed by atoms with Gasteiger partial charge in [-0.1, -0.05) is 51.1 Å². The number of nitrogens with one attached hydrogen (secondary N) is 1. The zero-order valence-corrected chi connectivity index (χ0v) is 28.3. The zero-order valence-electron chi connectivity index (χ0n) is 28.3. The molecule has 244 valence electrons. The Morgan fingerprint density at radius 1 is 1.16 bits per heavy atom. The van der Waals surface area contributed by atoms with Gasteiger partial charge in [0.25, 0.3) is 0 Å². The summed E-state index contributed by atoms with van der Waals surface area (Å²) < 4.78 is 18.4. The number of likely N-dealkylation sites (N-methyl/N-ethyl adjacent to an activating group) is 1. The Kier molecular flexibility index (Phi) is 10.8.